The van der Waals surface area contributed by atoms with Gasteiger partial charge < -0.3 is 45.3 Å². The Hall–Kier alpha value is -8.20. The molecule has 15 rings (SSSR count). The van der Waals surface area contributed by atoms with Crippen LogP contribution in [-0.2, 0) is 65.9 Å². The summed E-state index contributed by atoms with van der Waals surface area (Å²) < 4.78 is 94.9. The van der Waals surface area contributed by atoms with Crippen LogP contribution < -0.4 is 31.4 Å². The predicted octanol–water partition coefficient (Wildman–Crippen LogP) is 8.36. The molecule has 5 aliphatic rings. The van der Waals surface area contributed by atoms with Crippen molar-refractivity contribution in [2.45, 2.75) is 128 Å². The van der Waals surface area contributed by atoms with Crippen molar-refractivity contribution in [3.8, 4) is 11.3 Å². The Morgan fingerprint density at radius 2 is 1.06 bits per heavy atom. The van der Waals surface area contributed by atoms with Crippen LogP contribution in [0.25, 0.3) is 22.0 Å². The van der Waals surface area contributed by atoms with Gasteiger partial charge in [-0.3, -0.25) is 31.9 Å². The topological polar surface area (TPSA) is 483 Å². The quantitative estimate of drug-likeness (QED) is 0.0256. The Kier molecular flexibility index (Phi) is 25.7. The minimum Gasteiger partial charge on any atom is -0.393 e. The zero-order valence-corrected chi connectivity index (χ0v) is 67.4. The first-order valence-electron chi connectivity index (χ1n) is 35.6. The van der Waals surface area contributed by atoms with Gasteiger partial charge in [0.05, 0.1) is 94.1 Å². The minimum absolute atomic E-state index is 0.217. The number of nitrogens with zero attached hydrogens (tertiary/aromatic N) is 9. The lowest BCUT2D eigenvalue weighted by Gasteiger charge is -2.25. The Morgan fingerprint density at radius 1 is 0.575 bits per heavy atom. The van der Waals surface area contributed by atoms with Gasteiger partial charge in [0, 0.05) is 109 Å². The number of nitrogens with one attached hydrogen (secondary N) is 3. The Morgan fingerprint density at radius 3 is 1.59 bits per heavy atom. The third kappa shape index (κ3) is 20.0. The summed E-state index contributed by atoms with van der Waals surface area (Å²) in [6.45, 7) is 9.14. The number of pyridine rings is 1. The second kappa shape index (κ2) is 35.1. The summed E-state index contributed by atoms with van der Waals surface area (Å²) >= 11 is 16.5. The number of imidazole rings is 1. The Labute approximate surface area is 672 Å². The van der Waals surface area contributed by atoms with E-state index in [-0.39, 0.29) is 73.1 Å². The third-order valence-corrected chi connectivity index (χ3v) is 25.2. The van der Waals surface area contributed by atoms with Gasteiger partial charge in [0.25, 0.3) is 0 Å². The molecule has 3 saturated carbocycles. The van der Waals surface area contributed by atoms with Crippen LogP contribution in [0.4, 0.5) is 17.5 Å². The number of hydrogen-bond acceptors (Lipinski definition) is 31. The van der Waals surface area contributed by atoms with Crippen molar-refractivity contribution in [1.29, 1.82) is 0 Å². The van der Waals surface area contributed by atoms with Crippen LogP contribution in [0.1, 0.15) is 146 Å². The maximum absolute atomic E-state index is 13.6. The number of nitrogens with two attached hydrogens (primary N) is 3. The van der Waals surface area contributed by atoms with Crippen LogP contribution >= 0.6 is 57.2 Å². The highest BCUT2D eigenvalue weighted by Gasteiger charge is 2.39. The highest BCUT2D eigenvalue weighted by atomic mass is 35.5. The molecule has 598 valence electrons. The van der Waals surface area contributed by atoms with Crippen molar-refractivity contribution in [1.82, 2.24) is 44.4 Å². The fourth-order valence-electron chi connectivity index (χ4n) is 14.6. The van der Waals surface area contributed by atoms with Crippen molar-refractivity contribution in [3.05, 3.63) is 200 Å². The van der Waals surface area contributed by atoms with E-state index in [2.05, 4.69) is 68.0 Å². The fraction of sp³-hybridized carbons (Fsp3) is 0.384. The second-order valence-corrected chi connectivity index (χ2v) is 35.9. The highest BCUT2D eigenvalue weighted by molar-refractivity contribution is 7.84. The number of rotatable bonds is 24. The smallest absolute Gasteiger partial charge is 0.333 e. The van der Waals surface area contributed by atoms with Crippen molar-refractivity contribution in [2.24, 2.45) is 33.2 Å². The van der Waals surface area contributed by atoms with Crippen LogP contribution in [0.5, 0.6) is 0 Å². The van der Waals surface area contributed by atoms with E-state index in [1.165, 1.54) is 71.6 Å². The molecule has 40 heteroatoms. The van der Waals surface area contributed by atoms with E-state index in [1.807, 2.05) is 93.7 Å². The van der Waals surface area contributed by atoms with E-state index in [1.54, 1.807) is 6.20 Å². The van der Waals surface area contributed by atoms with Gasteiger partial charge in [-0.05, 0) is 149 Å². The molecule has 3 fully saturated rings. The van der Waals surface area contributed by atoms with Crippen LogP contribution in [0, 0.1) is 45.4 Å². The molecule has 113 heavy (non-hydrogen) atoms. The summed E-state index contributed by atoms with van der Waals surface area (Å²) in [5, 5.41) is 60.5. The van der Waals surface area contributed by atoms with Gasteiger partial charge in [0.2, 0.25) is 17.3 Å². The van der Waals surface area contributed by atoms with Gasteiger partial charge in [-0.25, -0.2) is 50.3 Å². The summed E-state index contributed by atoms with van der Waals surface area (Å²) in [6.07, 6.45) is 10.2. The van der Waals surface area contributed by atoms with Crippen LogP contribution in [0.15, 0.2) is 110 Å². The molecular weight excluding hydrogens is 1620 g/mol. The predicted molar refractivity (Wildman–Crippen MR) is 423 cm³/mol. The molecule has 3 aliphatic carbocycles. The van der Waals surface area contributed by atoms with E-state index in [0.29, 0.717) is 105 Å². The van der Waals surface area contributed by atoms with Gasteiger partial charge in [-0.15, -0.1) is 34.0 Å². The lowest BCUT2D eigenvalue weighted by Crippen LogP contribution is -2.24. The van der Waals surface area contributed by atoms with Crippen molar-refractivity contribution in [3.63, 3.8) is 0 Å². The van der Waals surface area contributed by atoms with E-state index < -0.39 is 67.0 Å². The number of anilines is 3. The molecule has 0 saturated heterocycles. The monoisotopic (exact) mass is 1700 g/mol. The summed E-state index contributed by atoms with van der Waals surface area (Å²) in [7, 11) is -12.3. The number of aryl methyl sites for hydroxylation is 3. The number of ether oxygens (including phenoxy) is 2. The summed E-state index contributed by atoms with van der Waals surface area (Å²) in [6, 6.07) is 18.0. The third-order valence-electron chi connectivity index (χ3n) is 20.3. The molecule has 11 atom stereocenters. The highest BCUT2D eigenvalue weighted by Crippen LogP contribution is 2.42. The maximum Gasteiger partial charge on any atom is 0.333 e. The number of hydrogen-bond donors (Lipinski definition) is 9. The number of thiophene rings is 3. The number of fused-ring (bicyclic) bond motifs is 3. The number of halogens is 2. The molecule has 10 heterocycles. The summed E-state index contributed by atoms with van der Waals surface area (Å²) in [5.41, 5.74) is 8.53. The zero-order chi connectivity index (χ0) is 80.4. The van der Waals surface area contributed by atoms with Crippen LogP contribution in [-0.4, -0.2) is 172 Å². The maximum atomic E-state index is 13.6. The fourth-order valence-corrected chi connectivity index (χ4v) is 19.0. The standard InChI is InChI=1S/C25H24ClN5O5S2.C24H25ClN4O6S2.C24H30N6O6S2/c1-13-18(23-19-7-16(26)3-2-14(19)4-5-29-23)9-22(37-13)24(33)20-10-28-12-30-25(20)31-17-6-15(21(32)8-17)11-36-38(27,34)35;25-16-1-2-18-13(5-16)3-4-34-23(18)15-7-21(36-11-15)22(31)19-9-27-12-28-24(19)29-17-6-14(20(30)8-17)10-35-37(26,32)33;1-12-13(2)30-4-5-35-22(24(30)28-12)17-8-20(37-14(17)3)21(32)18-9-26-11-27-23(18)29-16-6-15(19(31)7-16)10-36-38(25,33)34/h2-5,7,9-10,12,15,17,21,32H,6,8,11H2,1H3,(H2,27,34,35)(H,28,30,31);1-2,5,7,9,11-12,14,17,20,23,30H,3-4,6,8,10H2,(H2,26,32,33)(H,27,28,29);8-9,11,15-16,19,22,31H,4-7,10H2,1-3H3,(H2,25,33,34)(H,26,27,29)/t15-,17-,21+;14-,17-,20+,23?;15-,16-,19+,22?/m111/s1. The molecule has 2 aliphatic heterocycles. The summed E-state index contributed by atoms with van der Waals surface area (Å²) in [5.74, 6) is -0.141. The van der Waals surface area contributed by atoms with E-state index >= 15 is 0 Å². The van der Waals surface area contributed by atoms with Gasteiger partial charge in [-0.2, -0.15) is 25.3 Å². The second-order valence-electron chi connectivity index (χ2n) is 28.0. The van der Waals surface area contributed by atoms with Gasteiger partial charge in [0.1, 0.15) is 54.5 Å². The molecule has 0 bridgehead atoms. The average molecular weight is 1700 g/mol. The molecule has 32 nitrogen and oxygen atoms in total. The lowest BCUT2D eigenvalue weighted by molar-refractivity contribution is 0.0423. The molecule has 2 aromatic carbocycles. The van der Waals surface area contributed by atoms with E-state index in [9.17, 15) is 55.0 Å². The number of aromatic nitrogens is 9. The molecule has 10 aromatic rings. The normalized spacial score (nSPS) is 22.2. The molecule has 0 radical (unpaired) electrons. The number of aliphatic hydroxyl groups excluding tert-OH is 3. The molecule has 12 N–H and O–H groups in total. The first kappa shape index (κ1) is 82.8. The Balaban J connectivity index is 0.000000148. The number of benzene rings is 2. The molecule has 2 unspecified atom stereocenters. The first-order valence-corrected chi connectivity index (χ1v) is 43.2. The number of aliphatic hydroxyl groups is 3. The van der Waals surface area contributed by atoms with Crippen LogP contribution in [0.3, 0.4) is 0 Å². The van der Waals surface area contributed by atoms with Crippen molar-refractivity contribution >= 4 is 134 Å². The molecule has 0 amide bonds. The number of carbonyl (C=O) groups excluding carboxylic acids is 3. The average Bonchev–Trinajstić information content (AvgIpc) is 1.63. The van der Waals surface area contributed by atoms with Gasteiger partial charge >= 0.3 is 30.9 Å². The number of carbonyl (C=O) groups is 3. The largest absolute Gasteiger partial charge is 0.393 e. The minimum atomic E-state index is -4.10. The molecule has 8 aromatic heterocycles. The SMILES string of the molecule is Cc1nc2n(c1C)CCOC2c1cc(C(=O)c2cncnc2N[C@@H]2C[C@H](COS(N)(=O)=O)[C@@H](O)C2)sc1C.Cc1sc(C(=O)c2cncnc2N[C@@H]2C[C@H](COS(N)(=O)=O)[C@@H](O)C2)cc1-c1nccc2ccc(Cl)cc12.NS(=O)(=O)OC[C@H]1C[C@@H](Nc2ncncc2C(=O)c2cc(C3OCCc4cc(Cl)ccc43)cs2)C[C@@H]1O. The summed E-state index contributed by atoms with van der Waals surface area (Å²) in [4.78, 5) is 78.3. The molecule has 0 spiro atoms. The van der Waals surface area contributed by atoms with Gasteiger partial charge in [-0.1, -0.05) is 35.3 Å². The first-order chi connectivity index (χ1) is 53.8. The number of ketones is 3. The van der Waals surface area contributed by atoms with E-state index in [4.69, 9.17) is 53.1 Å². The zero-order valence-electron chi connectivity index (χ0n) is 61.0. The van der Waals surface area contributed by atoms with E-state index in [0.717, 1.165) is 84.2 Å². The molecular formula is C73H79Cl2N15O17S6. The van der Waals surface area contributed by atoms with Crippen LogP contribution in [0.2, 0.25) is 10.0 Å². The lowest BCUT2D eigenvalue weighted by atomic mass is 9.94. The van der Waals surface area contributed by atoms with Gasteiger partial charge in [0.15, 0.2) is 0 Å². The van der Waals surface area contributed by atoms with Crippen molar-refractivity contribution in [2.75, 3.05) is 49.0 Å². The van der Waals surface area contributed by atoms with Crippen molar-refractivity contribution < 1.29 is 77.0 Å². The Bertz CT molecular complexity index is 5580.